The second kappa shape index (κ2) is 5.97. The molecule has 64 valence electrons. The van der Waals surface area contributed by atoms with Gasteiger partial charge in [-0.1, -0.05) is 58.0 Å². The van der Waals surface area contributed by atoms with E-state index in [2.05, 4.69) is 49.4 Å². The lowest BCUT2D eigenvalue weighted by atomic mass is 10.4. The van der Waals surface area contributed by atoms with E-state index >= 15 is 0 Å². The van der Waals surface area contributed by atoms with Gasteiger partial charge in [0.1, 0.15) is 0 Å². The van der Waals surface area contributed by atoms with E-state index in [0.717, 1.165) is 15.0 Å². The van der Waals surface area contributed by atoms with Crippen LogP contribution in [0.25, 0.3) is 0 Å². The Balaban J connectivity index is 2.29. The monoisotopic (exact) mass is 178 g/mol. The first-order valence-electron chi connectivity index (χ1n) is 4.37. The summed E-state index contributed by atoms with van der Waals surface area (Å²) in [6.07, 6.45) is 6.85. The molecular weight excluding hydrogens is 163 g/mol. The van der Waals surface area contributed by atoms with Gasteiger partial charge in [-0.15, -0.1) is 0 Å². The van der Waals surface area contributed by atoms with Crippen molar-refractivity contribution in [1.82, 2.24) is 0 Å². The van der Waals surface area contributed by atoms with E-state index in [4.69, 9.17) is 0 Å². The third kappa shape index (κ3) is 3.69. The summed E-state index contributed by atoms with van der Waals surface area (Å²) in [6.45, 7) is 2.17. The van der Waals surface area contributed by atoms with Crippen molar-refractivity contribution in [3.8, 4) is 0 Å². The molecule has 0 aliphatic heterocycles. The van der Waals surface area contributed by atoms with Crippen molar-refractivity contribution in [3.63, 3.8) is 0 Å². The van der Waals surface area contributed by atoms with Crippen LogP contribution in [0.3, 0.4) is 0 Å². The molecule has 0 bridgehead atoms. The van der Waals surface area contributed by atoms with Gasteiger partial charge in [0.15, 0.2) is 0 Å². The third-order valence-electron chi connectivity index (χ3n) is 1.60. The average molecular weight is 178 g/mol. The molecule has 1 rings (SSSR count). The SMILES string of the molecule is CCC=CCPc1ccccc1. The van der Waals surface area contributed by atoms with Crippen LogP contribution in [0, 0.1) is 0 Å². The molecule has 1 aromatic carbocycles. The van der Waals surface area contributed by atoms with Crippen molar-refractivity contribution in [1.29, 1.82) is 0 Å². The van der Waals surface area contributed by atoms with Crippen molar-refractivity contribution >= 4 is 13.9 Å². The first-order chi connectivity index (χ1) is 5.93. The standard InChI is InChI=1S/C11H15P/c1-2-3-7-10-12-11-8-5-4-6-9-11/h3-9,12H,2,10H2,1H3. The van der Waals surface area contributed by atoms with Crippen LogP contribution >= 0.6 is 8.58 Å². The highest BCUT2D eigenvalue weighted by atomic mass is 31.1. The molecular formula is C11H15P. The van der Waals surface area contributed by atoms with Crippen LogP contribution in [0.15, 0.2) is 42.5 Å². The average Bonchev–Trinajstić information content (AvgIpc) is 2.14. The predicted octanol–water partition coefficient (Wildman–Crippen LogP) is 2.96. The molecule has 0 heterocycles. The number of hydrogen-bond donors (Lipinski definition) is 0. The summed E-state index contributed by atoms with van der Waals surface area (Å²) < 4.78 is 0. The number of rotatable bonds is 4. The van der Waals surface area contributed by atoms with Crippen molar-refractivity contribution in [2.45, 2.75) is 13.3 Å². The maximum Gasteiger partial charge on any atom is -0.0132 e. The van der Waals surface area contributed by atoms with Gasteiger partial charge in [-0.25, -0.2) is 0 Å². The van der Waals surface area contributed by atoms with Gasteiger partial charge in [0.2, 0.25) is 0 Å². The van der Waals surface area contributed by atoms with Crippen LogP contribution in [-0.2, 0) is 0 Å². The topological polar surface area (TPSA) is 0 Å². The minimum Gasteiger partial charge on any atom is -0.0885 e. The van der Waals surface area contributed by atoms with E-state index in [-0.39, 0.29) is 0 Å². The number of benzene rings is 1. The van der Waals surface area contributed by atoms with Gasteiger partial charge in [0.05, 0.1) is 0 Å². The summed E-state index contributed by atoms with van der Waals surface area (Å²) >= 11 is 0. The van der Waals surface area contributed by atoms with Gasteiger partial charge in [0, 0.05) is 0 Å². The zero-order valence-electron chi connectivity index (χ0n) is 7.46. The van der Waals surface area contributed by atoms with Crippen LogP contribution in [0.2, 0.25) is 0 Å². The molecule has 1 aromatic rings. The quantitative estimate of drug-likeness (QED) is 0.491. The second-order valence-corrected chi connectivity index (χ2v) is 3.97. The highest BCUT2D eigenvalue weighted by Crippen LogP contribution is 2.09. The molecule has 0 fully saturated rings. The Hall–Kier alpha value is -0.610. The molecule has 1 atom stereocenters. The lowest BCUT2D eigenvalue weighted by molar-refractivity contribution is 1.22. The minimum absolute atomic E-state index is 0.928. The second-order valence-electron chi connectivity index (χ2n) is 2.63. The normalized spacial score (nSPS) is 11.8. The summed E-state index contributed by atoms with van der Waals surface area (Å²) in [7, 11) is 0.928. The van der Waals surface area contributed by atoms with E-state index in [1.165, 1.54) is 11.5 Å². The van der Waals surface area contributed by atoms with E-state index in [0.29, 0.717) is 0 Å². The Bertz CT molecular complexity index is 226. The number of allylic oxidation sites excluding steroid dienone is 2. The van der Waals surface area contributed by atoms with E-state index in [1.54, 1.807) is 0 Å². The molecule has 1 unspecified atom stereocenters. The van der Waals surface area contributed by atoms with Gasteiger partial charge in [-0.05, 0) is 17.9 Å². The zero-order valence-corrected chi connectivity index (χ0v) is 8.46. The molecule has 0 aromatic heterocycles. The van der Waals surface area contributed by atoms with Crippen LogP contribution in [-0.4, -0.2) is 6.16 Å². The summed E-state index contributed by atoms with van der Waals surface area (Å²) in [5.74, 6) is 0. The Morgan fingerprint density at radius 3 is 2.58 bits per heavy atom. The molecule has 0 spiro atoms. The minimum atomic E-state index is 0.928. The van der Waals surface area contributed by atoms with Gasteiger partial charge in [0.25, 0.3) is 0 Å². The Morgan fingerprint density at radius 2 is 1.92 bits per heavy atom. The van der Waals surface area contributed by atoms with E-state index < -0.39 is 0 Å². The van der Waals surface area contributed by atoms with Gasteiger partial charge >= 0.3 is 0 Å². The molecule has 0 radical (unpaired) electrons. The molecule has 0 nitrogen and oxygen atoms in total. The summed E-state index contributed by atoms with van der Waals surface area (Å²) in [5, 5.41) is 1.46. The van der Waals surface area contributed by atoms with Crippen molar-refractivity contribution in [2.75, 3.05) is 6.16 Å². The largest absolute Gasteiger partial charge is 0.0885 e. The lowest BCUT2D eigenvalue weighted by Crippen LogP contribution is -1.91. The van der Waals surface area contributed by atoms with Gasteiger partial charge in [-0.3, -0.25) is 0 Å². The summed E-state index contributed by atoms with van der Waals surface area (Å²) in [4.78, 5) is 0. The van der Waals surface area contributed by atoms with E-state index in [1.807, 2.05) is 0 Å². The number of hydrogen-bond acceptors (Lipinski definition) is 0. The van der Waals surface area contributed by atoms with Crippen LogP contribution < -0.4 is 5.30 Å². The smallest absolute Gasteiger partial charge is 0.0132 e. The zero-order chi connectivity index (χ0) is 8.65. The molecule has 0 N–H and O–H groups in total. The van der Waals surface area contributed by atoms with E-state index in [9.17, 15) is 0 Å². The third-order valence-corrected chi connectivity index (χ3v) is 2.78. The fraction of sp³-hybridized carbons (Fsp3) is 0.273. The van der Waals surface area contributed by atoms with Crippen molar-refractivity contribution < 1.29 is 0 Å². The van der Waals surface area contributed by atoms with Gasteiger partial charge in [-0.2, -0.15) is 0 Å². The Kier molecular flexibility index (Phi) is 4.71. The highest BCUT2D eigenvalue weighted by molar-refractivity contribution is 7.47. The lowest BCUT2D eigenvalue weighted by Gasteiger charge is -1.96. The predicted molar refractivity (Wildman–Crippen MR) is 58.7 cm³/mol. The van der Waals surface area contributed by atoms with Crippen molar-refractivity contribution in [3.05, 3.63) is 42.5 Å². The maximum atomic E-state index is 2.27. The van der Waals surface area contributed by atoms with Crippen molar-refractivity contribution in [2.24, 2.45) is 0 Å². The van der Waals surface area contributed by atoms with Crippen LogP contribution in [0.5, 0.6) is 0 Å². The Morgan fingerprint density at radius 1 is 1.17 bits per heavy atom. The fourth-order valence-corrected chi connectivity index (χ4v) is 1.93. The molecule has 0 saturated carbocycles. The maximum absolute atomic E-state index is 2.27. The fourth-order valence-electron chi connectivity index (χ4n) is 0.983. The Labute approximate surface area is 76.5 Å². The molecule has 12 heavy (non-hydrogen) atoms. The first-order valence-corrected chi connectivity index (χ1v) is 5.58. The molecule has 1 heteroatoms. The first kappa shape index (κ1) is 9.48. The molecule has 0 aliphatic rings. The highest BCUT2D eigenvalue weighted by Gasteiger charge is 1.86. The van der Waals surface area contributed by atoms with Gasteiger partial charge < -0.3 is 0 Å². The molecule has 0 saturated heterocycles. The van der Waals surface area contributed by atoms with Crippen LogP contribution in [0.1, 0.15) is 13.3 Å². The summed E-state index contributed by atoms with van der Waals surface area (Å²) in [6, 6.07) is 10.7. The molecule has 0 aliphatic carbocycles. The van der Waals surface area contributed by atoms with Crippen LogP contribution in [0.4, 0.5) is 0 Å². The molecule has 0 amide bonds. The summed E-state index contributed by atoms with van der Waals surface area (Å²) in [5.41, 5.74) is 0.